The summed E-state index contributed by atoms with van der Waals surface area (Å²) in [6.07, 6.45) is 20.2. The van der Waals surface area contributed by atoms with E-state index in [1.807, 2.05) is 0 Å². The molecule has 0 aromatic carbocycles. The first-order valence-electron chi connectivity index (χ1n) is 12.3. The van der Waals surface area contributed by atoms with E-state index in [0.717, 1.165) is 39.0 Å². The number of carbonyl (C=O) groups is 2. The van der Waals surface area contributed by atoms with Gasteiger partial charge in [0.25, 0.3) is 0 Å². The highest BCUT2D eigenvalue weighted by Gasteiger charge is 2.31. The van der Waals surface area contributed by atoms with Crippen molar-refractivity contribution in [1.29, 1.82) is 0 Å². The van der Waals surface area contributed by atoms with E-state index in [2.05, 4.69) is 13.8 Å². The highest BCUT2D eigenvalue weighted by atomic mass is 16.2. The van der Waals surface area contributed by atoms with Gasteiger partial charge < -0.3 is 9.80 Å². The minimum absolute atomic E-state index is 0.270. The second kappa shape index (κ2) is 16.9. The summed E-state index contributed by atoms with van der Waals surface area (Å²) in [5, 5.41) is 0. The van der Waals surface area contributed by atoms with Crippen LogP contribution in [0.3, 0.4) is 0 Å². The van der Waals surface area contributed by atoms with E-state index in [1.165, 1.54) is 89.9 Å². The van der Waals surface area contributed by atoms with Crippen molar-refractivity contribution < 1.29 is 9.59 Å². The van der Waals surface area contributed by atoms with Crippen LogP contribution in [0.4, 0.5) is 0 Å². The molecular formula is C24H46N2O2. The van der Waals surface area contributed by atoms with Gasteiger partial charge in [-0.05, 0) is 12.8 Å². The normalized spacial score (nSPS) is 14.9. The number of piperazine rings is 1. The van der Waals surface area contributed by atoms with Gasteiger partial charge in [0, 0.05) is 26.2 Å². The van der Waals surface area contributed by atoms with Crippen molar-refractivity contribution in [1.82, 2.24) is 9.80 Å². The average molecular weight is 395 g/mol. The highest BCUT2D eigenvalue weighted by Crippen LogP contribution is 2.13. The van der Waals surface area contributed by atoms with E-state index in [4.69, 9.17) is 0 Å². The van der Waals surface area contributed by atoms with Crippen LogP contribution in [-0.2, 0) is 9.59 Å². The van der Waals surface area contributed by atoms with Crippen LogP contribution >= 0.6 is 0 Å². The van der Waals surface area contributed by atoms with Crippen molar-refractivity contribution in [3.63, 3.8) is 0 Å². The molecular weight excluding hydrogens is 348 g/mol. The molecule has 0 unspecified atom stereocenters. The van der Waals surface area contributed by atoms with E-state index in [9.17, 15) is 9.59 Å². The number of hydrogen-bond donors (Lipinski definition) is 0. The van der Waals surface area contributed by atoms with Gasteiger partial charge in [0.05, 0.1) is 0 Å². The fourth-order valence-electron chi connectivity index (χ4n) is 4.01. The average Bonchev–Trinajstić information content (AvgIpc) is 2.70. The molecule has 1 heterocycles. The van der Waals surface area contributed by atoms with E-state index in [1.54, 1.807) is 9.80 Å². The molecule has 1 aliphatic rings. The van der Waals surface area contributed by atoms with Gasteiger partial charge in [-0.2, -0.15) is 0 Å². The Morgan fingerprint density at radius 1 is 0.500 bits per heavy atom. The van der Waals surface area contributed by atoms with Gasteiger partial charge in [-0.3, -0.25) is 9.59 Å². The van der Waals surface area contributed by atoms with Crippen molar-refractivity contribution in [2.24, 2.45) is 0 Å². The third-order valence-electron chi connectivity index (χ3n) is 5.96. The molecule has 0 bridgehead atoms. The van der Waals surface area contributed by atoms with Gasteiger partial charge in [0.1, 0.15) is 0 Å². The monoisotopic (exact) mass is 394 g/mol. The first-order chi connectivity index (χ1) is 13.7. The lowest BCUT2D eigenvalue weighted by atomic mass is 10.1. The standard InChI is InChI=1S/C24H46N2O2/c1-3-5-7-9-11-13-15-17-19-25-21-22-26(24(28)23(25)27)20-18-16-14-12-10-8-6-4-2/h3-22H2,1-2H3. The lowest BCUT2D eigenvalue weighted by molar-refractivity contribution is -0.156. The topological polar surface area (TPSA) is 40.6 Å². The summed E-state index contributed by atoms with van der Waals surface area (Å²) in [6.45, 7) is 7.44. The van der Waals surface area contributed by atoms with Crippen molar-refractivity contribution in [2.45, 2.75) is 117 Å². The van der Waals surface area contributed by atoms with Gasteiger partial charge >= 0.3 is 11.8 Å². The maximum atomic E-state index is 12.3. The first kappa shape index (κ1) is 25.0. The van der Waals surface area contributed by atoms with Crippen molar-refractivity contribution in [3.8, 4) is 0 Å². The zero-order chi connectivity index (χ0) is 20.5. The maximum absolute atomic E-state index is 12.3. The summed E-state index contributed by atoms with van der Waals surface area (Å²) >= 11 is 0. The van der Waals surface area contributed by atoms with Crippen LogP contribution in [0.15, 0.2) is 0 Å². The van der Waals surface area contributed by atoms with Crippen LogP contribution < -0.4 is 0 Å². The van der Waals surface area contributed by atoms with Crippen molar-refractivity contribution in [2.75, 3.05) is 26.2 Å². The van der Waals surface area contributed by atoms with Gasteiger partial charge in [-0.15, -0.1) is 0 Å². The zero-order valence-electron chi connectivity index (χ0n) is 18.9. The maximum Gasteiger partial charge on any atom is 0.312 e. The molecule has 1 saturated heterocycles. The number of carbonyl (C=O) groups excluding carboxylic acids is 2. The number of unbranched alkanes of at least 4 members (excludes halogenated alkanes) is 14. The molecule has 1 rings (SSSR count). The molecule has 0 aliphatic carbocycles. The fourth-order valence-corrected chi connectivity index (χ4v) is 4.01. The lowest BCUT2D eigenvalue weighted by Crippen LogP contribution is -2.54. The smallest absolute Gasteiger partial charge is 0.312 e. The molecule has 0 spiro atoms. The molecule has 164 valence electrons. The molecule has 0 radical (unpaired) electrons. The number of nitrogens with zero attached hydrogens (tertiary/aromatic N) is 2. The largest absolute Gasteiger partial charge is 0.333 e. The second-order valence-electron chi connectivity index (χ2n) is 8.53. The molecule has 1 aliphatic heterocycles. The SMILES string of the molecule is CCCCCCCCCCN1CCN(CCCCCCCCCC)C(=O)C1=O. The van der Waals surface area contributed by atoms with Gasteiger partial charge in [0.2, 0.25) is 0 Å². The van der Waals surface area contributed by atoms with E-state index < -0.39 is 0 Å². The molecule has 4 heteroatoms. The van der Waals surface area contributed by atoms with Crippen LogP contribution in [-0.4, -0.2) is 47.8 Å². The summed E-state index contributed by atoms with van der Waals surface area (Å²) in [5.74, 6) is -0.539. The Morgan fingerprint density at radius 3 is 1.11 bits per heavy atom. The summed E-state index contributed by atoms with van der Waals surface area (Å²) in [6, 6.07) is 0. The molecule has 2 amide bonds. The van der Waals surface area contributed by atoms with E-state index in [0.29, 0.717) is 0 Å². The molecule has 4 nitrogen and oxygen atoms in total. The third-order valence-corrected chi connectivity index (χ3v) is 5.96. The Morgan fingerprint density at radius 2 is 0.786 bits per heavy atom. The molecule has 0 saturated carbocycles. The number of amides is 2. The van der Waals surface area contributed by atoms with E-state index in [-0.39, 0.29) is 11.8 Å². The van der Waals surface area contributed by atoms with Crippen LogP contribution in [0.1, 0.15) is 117 Å². The summed E-state index contributed by atoms with van der Waals surface area (Å²) in [5.41, 5.74) is 0. The van der Waals surface area contributed by atoms with Crippen LogP contribution in [0, 0.1) is 0 Å². The van der Waals surface area contributed by atoms with Crippen molar-refractivity contribution in [3.05, 3.63) is 0 Å². The minimum Gasteiger partial charge on any atom is -0.333 e. The first-order valence-corrected chi connectivity index (χ1v) is 12.3. The van der Waals surface area contributed by atoms with Crippen LogP contribution in [0.2, 0.25) is 0 Å². The minimum atomic E-state index is -0.270. The quantitative estimate of drug-likeness (QED) is 0.213. The summed E-state index contributed by atoms with van der Waals surface area (Å²) in [4.78, 5) is 28.3. The summed E-state index contributed by atoms with van der Waals surface area (Å²) in [7, 11) is 0. The lowest BCUT2D eigenvalue weighted by Gasteiger charge is -2.33. The molecule has 0 aromatic heterocycles. The Kier molecular flexibility index (Phi) is 15.0. The fraction of sp³-hybridized carbons (Fsp3) is 0.917. The van der Waals surface area contributed by atoms with Gasteiger partial charge in [0.15, 0.2) is 0 Å². The Labute approximate surface area is 174 Å². The number of rotatable bonds is 18. The Balaban J connectivity index is 2.05. The Hall–Kier alpha value is -1.06. The predicted octanol–water partition coefficient (Wildman–Crippen LogP) is 5.94. The van der Waals surface area contributed by atoms with Crippen molar-refractivity contribution >= 4 is 11.8 Å². The van der Waals surface area contributed by atoms with Gasteiger partial charge in [-0.25, -0.2) is 0 Å². The third kappa shape index (κ3) is 11.1. The predicted molar refractivity (Wildman–Crippen MR) is 118 cm³/mol. The van der Waals surface area contributed by atoms with E-state index >= 15 is 0 Å². The highest BCUT2D eigenvalue weighted by molar-refractivity contribution is 6.35. The zero-order valence-corrected chi connectivity index (χ0v) is 18.9. The van der Waals surface area contributed by atoms with Crippen LogP contribution in [0.25, 0.3) is 0 Å². The molecule has 1 fully saturated rings. The molecule has 28 heavy (non-hydrogen) atoms. The molecule has 0 N–H and O–H groups in total. The van der Waals surface area contributed by atoms with Crippen LogP contribution in [0.5, 0.6) is 0 Å². The molecule has 0 aromatic rings. The Bertz CT molecular complexity index is 373. The second-order valence-corrected chi connectivity index (χ2v) is 8.53. The summed E-state index contributed by atoms with van der Waals surface area (Å²) < 4.78 is 0. The van der Waals surface area contributed by atoms with Gasteiger partial charge in [-0.1, -0.05) is 104 Å². The number of hydrogen-bond acceptors (Lipinski definition) is 2. The molecule has 0 atom stereocenters.